The van der Waals surface area contributed by atoms with Gasteiger partial charge in [-0.15, -0.1) is 0 Å². The molecule has 0 unspecified atom stereocenters. The van der Waals surface area contributed by atoms with Gasteiger partial charge in [0.25, 0.3) is 0 Å². The van der Waals surface area contributed by atoms with Crippen molar-refractivity contribution in [3.63, 3.8) is 0 Å². The molecular formula is C15H28N2S. The summed E-state index contributed by atoms with van der Waals surface area (Å²) < 4.78 is 3.13. The Balaban J connectivity index is 3.33. The van der Waals surface area contributed by atoms with Gasteiger partial charge < -0.3 is 9.55 Å². The number of rotatable bonds is 2. The molecule has 0 aliphatic rings. The van der Waals surface area contributed by atoms with E-state index in [0.29, 0.717) is 0 Å². The van der Waals surface area contributed by atoms with Crippen molar-refractivity contribution >= 4 is 12.2 Å². The van der Waals surface area contributed by atoms with Gasteiger partial charge in [-0.05, 0) is 37.9 Å². The number of hydrogen-bond acceptors (Lipinski definition) is 1. The van der Waals surface area contributed by atoms with Crippen molar-refractivity contribution in [2.75, 3.05) is 0 Å². The van der Waals surface area contributed by atoms with E-state index in [4.69, 9.17) is 12.2 Å². The molecule has 0 amide bonds. The second-order valence-corrected chi connectivity index (χ2v) is 8.50. The standard InChI is InChI=1S/C15H28N2S/c1-13(2,3)10-15(7,8)17-11(14(4,5)6)9-16-12(17)18/h9H,10H2,1-8H3,(H,16,18). The van der Waals surface area contributed by atoms with Crippen molar-refractivity contribution in [2.24, 2.45) is 5.41 Å². The first kappa shape index (κ1) is 15.5. The zero-order valence-electron chi connectivity index (χ0n) is 13.1. The zero-order valence-corrected chi connectivity index (χ0v) is 14.0. The maximum Gasteiger partial charge on any atom is 0.177 e. The van der Waals surface area contributed by atoms with Crippen LogP contribution in [0.3, 0.4) is 0 Å². The number of hydrogen-bond donors (Lipinski definition) is 1. The van der Waals surface area contributed by atoms with E-state index in [1.165, 1.54) is 5.69 Å². The molecule has 0 atom stereocenters. The second kappa shape index (κ2) is 4.52. The number of nitrogens with zero attached hydrogens (tertiary/aromatic N) is 1. The molecule has 2 nitrogen and oxygen atoms in total. The molecule has 104 valence electrons. The number of imidazole rings is 1. The summed E-state index contributed by atoms with van der Waals surface area (Å²) in [7, 11) is 0. The fourth-order valence-electron chi connectivity index (χ4n) is 2.90. The molecule has 1 rings (SSSR count). The molecular weight excluding hydrogens is 240 g/mol. The fourth-order valence-corrected chi connectivity index (χ4v) is 3.30. The lowest BCUT2D eigenvalue weighted by Gasteiger charge is -2.37. The number of H-pyrrole nitrogens is 1. The van der Waals surface area contributed by atoms with Crippen LogP contribution in [-0.2, 0) is 11.0 Å². The molecule has 0 saturated carbocycles. The third-order valence-electron chi connectivity index (χ3n) is 3.11. The van der Waals surface area contributed by atoms with Crippen LogP contribution in [-0.4, -0.2) is 9.55 Å². The predicted molar refractivity (Wildman–Crippen MR) is 81.7 cm³/mol. The van der Waals surface area contributed by atoms with E-state index >= 15 is 0 Å². The molecule has 0 spiro atoms. The molecule has 1 N–H and O–H groups in total. The molecule has 0 saturated heterocycles. The topological polar surface area (TPSA) is 20.7 Å². The van der Waals surface area contributed by atoms with Gasteiger partial charge >= 0.3 is 0 Å². The van der Waals surface area contributed by atoms with Crippen LogP contribution in [0.15, 0.2) is 6.20 Å². The number of aromatic amines is 1. The maximum atomic E-state index is 5.49. The molecule has 0 bridgehead atoms. The summed E-state index contributed by atoms with van der Waals surface area (Å²) in [5.41, 5.74) is 1.69. The van der Waals surface area contributed by atoms with Gasteiger partial charge in [0.15, 0.2) is 4.77 Å². The van der Waals surface area contributed by atoms with E-state index in [9.17, 15) is 0 Å². The Hall–Kier alpha value is -0.570. The van der Waals surface area contributed by atoms with Crippen LogP contribution >= 0.6 is 12.2 Å². The third kappa shape index (κ3) is 3.47. The van der Waals surface area contributed by atoms with Gasteiger partial charge in [-0.2, -0.15) is 0 Å². The van der Waals surface area contributed by atoms with Crippen LogP contribution in [0, 0.1) is 10.2 Å². The van der Waals surface area contributed by atoms with Gasteiger partial charge in [-0.1, -0.05) is 41.5 Å². The minimum absolute atomic E-state index is 0.0257. The van der Waals surface area contributed by atoms with Crippen LogP contribution < -0.4 is 0 Å². The molecule has 0 radical (unpaired) electrons. The summed E-state index contributed by atoms with van der Waals surface area (Å²) in [6.45, 7) is 18.1. The fraction of sp³-hybridized carbons (Fsp3) is 0.800. The van der Waals surface area contributed by atoms with Crippen LogP contribution in [0.2, 0.25) is 0 Å². The molecule has 0 aromatic carbocycles. The normalized spacial score (nSPS) is 14.0. The van der Waals surface area contributed by atoms with E-state index < -0.39 is 0 Å². The van der Waals surface area contributed by atoms with E-state index in [1.807, 2.05) is 0 Å². The minimum Gasteiger partial charge on any atom is -0.337 e. The quantitative estimate of drug-likeness (QED) is 0.747. The second-order valence-electron chi connectivity index (χ2n) is 8.11. The van der Waals surface area contributed by atoms with Crippen LogP contribution in [0.25, 0.3) is 0 Å². The Morgan fingerprint density at radius 3 is 1.94 bits per heavy atom. The SMILES string of the molecule is CC(C)(C)CC(C)(C)n1c(C(C)(C)C)c[nH]c1=S. The van der Waals surface area contributed by atoms with E-state index in [0.717, 1.165) is 11.2 Å². The van der Waals surface area contributed by atoms with Gasteiger partial charge in [-0.25, -0.2) is 0 Å². The summed E-state index contributed by atoms with van der Waals surface area (Å²) in [6.07, 6.45) is 3.15. The highest BCUT2D eigenvalue weighted by atomic mass is 32.1. The lowest BCUT2D eigenvalue weighted by atomic mass is 9.80. The Bertz CT molecular complexity index is 464. The Kier molecular flexibility index (Phi) is 3.89. The lowest BCUT2D eigenvalue weighted by Crippen LogP contribution is -2.35. The molecule has 1 heterocycles. The van der Waals surface area contributed by atoms with Crippen LogP contribution in [0.5, 0.6) is 0 Å². The average Bonchev–Trinajstić information content (AvgIpc) is 2.41. The average molecular weight is 268 g/mol. The first-order chi connectivity index (χ1) is 7.84. The van der Waals surface area contributed by atoms with Crippen molar-refractivity contribution in [3.05, 3.63) is 16.7 Å². The monoisotopic (exact) mass is 268 g/mol. The van der Waals surface area contributed by atoms with Crippen molar-refractivity contribution in [1.29, 1.82) is 0 Å². The lowest BCUT2D eigenvalue weighted by molar-refractivity contribution is 0.203. The smallest absolute Gasteiger partial charge is 0.177 e. The van der Waals surface area contributed by atoms with Crippen molar-refractivity contribution in [1.82, 2.24) is 9.55 Å². The summed E-state index contributed by atoms with van der Waals surface area (Å²) in [6, 6.07) is 0. The highest BCUT2D eigenvalue weighted by Gasteiger charge is 2.32. The molecule has 1 aromatic rings. The maximum absolute atomic E-state index is 5.49. The van der Waals surface area contributed by atoms with Gasteiger partial charge in [-0.3, -0.25) is 0 Å². The highest BCUT2D eigenvalue weighted by molar-refractivity contribution is 7.71. The largest absolute Gasteiger partial charge is 0.337 e. The molecule has 1 aromatic heterocycles. The van der Waals surface area contributed by atoms with E-state index in [-0.39, 0.29) is 16.4 Å². The first-order valence-electron chi connectivity index (χ1n) is 6.66. The Morgan fingerprint density at radius 1 is 1.06 bits per heavy atom. The summed E-state index contributed by atoms with van der Waals surface area (Å²) in [5.74, 6) is 0. The van der Waals surface area contributed by atoms with Gasteiger partial charge in [0.05, 0.1) is 0 Å². The summed E-state index contributed by atoms with van der Waals surface area (Å²) in [5, 5.41) is 0. The molecule has 0 aliphatic carbocycles. The Morgan fingerprint density at radius 2 is 1.56 bits per heavy atom. The van der Waals surface area contributed by atoms with E-state index in [1.54, 1.807) is 0 Å². The molecule has 0 aliphatic heterocycles. The number of nitrogens with one attached hydrogen (secondary N) is 1. The zero-order chi connectivity index (χ0) is 14.4. The Labute approximate surface area is 117 Å². The highest BCUT2D eigenvalue weighted by Crippen LogP contribution is 2.36. The number of aromatic nitrogens is 2. The summed E-state index contributed by atoms with van der Waals surface area (Å²) in [4.78, 5) is 3.21. The molecule has 18 heavy (non-hydrogen) atoms. The van der Waals surface area contributed by atoms with E-state index in [2.05, 4.69) is 71.1 Å². The minimum atomic E-state index is 0.0257. The van der Waals surface area contributed by atoms with Gasteiger partial charge in [0, 0.05) is 22.8 Å². The van der Waals surface area contributed by atoms with Gasteiger partial charge in [0.1, 0.15) is 0 Å². The van der Waals surface area contributed by atoms with Crippen molar-refractivity contribution in [3.8, 4) is 0 Å². The van der Waals surface area contributed by atoms with Crippen LogP contribution in [0.4, 0.5) is 0 Å². The van der Waals surface area contributed by atoms with Crippen molar-refractivity contribution < 1.29 is 0 Å². The first-order valence-corrected chi connectivity index (χ1v) is 7.07. The van der Waals surface area contributed by atoms with Crippen LogP contribution in [0.1, 0.15) is 67.5 Å². The predicted octanol–water partition coefficient (Wildman–Crippen LogP) is 5.01. The van der Waals surface area contributed by atoms with Crippen molar-refractivity contribution in [2.45, 2.75) is 72.8 Å². The van der Waals surface area contributed by atoms with Gasteiger partial charge in [0.2, 0.25) is 0 Å². The third-order valence-corrected chi connectivity index (χ3v) is 3.41. The summed E-state index contributed by atoms with van der Waals surface area (Å²) >= 11 is 5.49. The molecule has 3 heteroatoms. The molecule has 0 fully saturated rings.